The Labute approximate surface area is 129 Å². The molecule has 0 saturated heterocycles. The zero-order valence-electron chi connectivity index (χ0n) is 11.2. The van der Waals surface area contributed by atoms with Crippen molar-refractivity contribution in [3.63, 3.8) is 0 Å². The van der Waals surface area contributed by atoms with Gasteiger partial charge in [0.05, 0.1) is 5.75 Å². The number of carbonyl (C=O) groups excluding carboxylic acids is 1. The second-order valence-corrected chi connectivity index (χ2v) is 5.93. The quantitative estimate of drug-likeness (QED) is 0.728. The molecule has 1 fully saturated rings. The zero-order chi connectivity index (χ0) is 13.7. The van der Waals surface area contributed by atoms with Crippen LogP contribution in [0.2, 0.25) is 0 Å². The summed E-state index contributed by atoms with van der Waals surface area (Å²) in [6.07, 6.45) is 3.31. The second kappa shape index (κ2) is 8.39. The highest BCUT2D eigenvalue weighted by Gasteiger charge is 2.27. The molecular formula is C14H21ClN2O2S. The number of carbonyl (C=O) groups is 1. The van der Waals surface area contributed by atoms with E-state index < -0.39 is 0 Å². The van der Waals surface area contributed by atoms with Gasteiger partial charge in [-0.15, -0.1) is 24.2 Å². The zero-order valence-corrected chi connectivity index (χ0v) is 12.9. The molecule has 1 aliphatic rings. The number of thioether (sulfide) groups is 1. The average Bonchev–Trinajstić information content (AvgIpc) is 2.85. The summed E-state index contributed by atoms with van der Waals surface area (Å²) in [5.41, 5.74) is 5.70. The van der Waals surface area contributed by atoms with Gasteiger partial charge < -0.3 is 16.2 Å². The van der Waals surface area contributed by atoms with Crippen molar-refractivity contribution in [3.05, 3.63) is 24.3 Å². The molecule has 20 heavy (non-hydrogen) atoms. The van der Waals surface area contributed by atoms with Crippen molar-refractivity contribution in [2.75, 3.05) is 12.3 Å². The van der Waals surface area contributed by atoms with Crippen LogP contribution in [0.25, 0.3) is 0 Å². The molecule has 1 aromatic carbocycles. The van der Waals surface area contributed by atoms with Crippen LogP contribution in [0.5, 0.6) is 5.75 Å². The standard InChI is InChI=1S/C14H20N2O2S.ClH/c15-8-10-2-1-3-13(10)16-14(18)9-19-12-6-4-11(17)5-7-12;/h4-7,10,13,17H,1-3,8-9,15H2,(H,16,18);1H. The number of nitrogens with two attached hydrogens (primary N) is 1. The number of aromatic hydroxyl groups is 1. The summed E-state index contributed by atoms with van der Waals surface area (Å²) < 4.78 is 0. The van der Waals surface area contributed by atoms with Crippen molar-refractivity contribution in [2.24, 2.45) is 11.7 Å². The van der Waals surface area contributed by atoms with Crippen molar-refractivity contribution in [3.8, 4) is 5.75 Å². The Bertz CT molecular complexity index is 428. The molecule has 0 aromatic heterocycles. The van der Waals surface area contributed by atoms with E-state index >= 15 is 0 Å². The van der Waals surface area contributed by atoms with Gasteiger partial charge in [0, 0.05) is 10.9 Å². The van der Waals surface area contributed by atoms with Crippen molar-refractivity contribution < 1.29 is 9.90 Å². The van der Waals surface area contributed by atoms with E-state index in [1.54, 1.807) is 12.1 Å². The number of nitrogens with one attached hydrogen (secondary N) is 1. The summed E-state index contributed by atoms with van der Waals surface area (Å²) in [7, 11) is 0. The fourth-order valence-electron chi connectivity index (χ4n) is 2.45. The van der Waals surface area contributed by atoms with Gasteiger partial charge in [-0.2, -0.15) is 0 Å². The number of phenols is 1. The molecule has 0 aliphatic heterocycles. The van der Waals surface area contributed by atoms with Gasteiger partial charge in [-0.05, 0) is 49.6 Å². The number of phenolic OH excluding ortho intramolecular Hbond substituents is 1. The van der Waals surface area contributed by atoms with E-state index in [0.29, 0.717) is 18.2 Å². The summed E-state index contributed by atoms with van der Waals surface area (Å²) in [6, 6.07) is 7.12. The Hall–Kier alpha value is -0.910. The molecule has 0 bridgehead atoms. The molecule has 1 amide bonds. The van der Waals surface area contributed by atoms with Gasteiger partial charge in [-0.3, -0.25) is 4.79 Å². The van der Waals surface area contributed by atoms with Crippen LogP contribution in [-0.4, -0.2) is 29.4 Å². The lowest BCUT2D eigenvalue weighted by atomic mass is 10.0. The largest absolute Gasteiger partial charge is 0.508 e. The molecule has 1 aromatic rings. The van der Waals surface area contributed by atoms with E-state index in [9.17, 15) is 9.90 Å². The Kier molecular flexibility index (Phi) is 7.19. The van der Waals surface area contributed by atoms with Crippen LogP contribution in [0.3, 0.4) is 0 Å². The maximum absolute atomic E-state index is 11.9. The van der Waals surface area contributed by atoms with Crippen LogP contribution >= 0.6 is 24.2 Å². The third-order valence-electron chi connectivity index (χ3n) is 3.51. The first-order valence-electron chi connectivity index (χ1n) is 6.60. The number of benzene rings is 1. The Morgan fingerprint density at radius 2 is 2.05 bits per heavy atom. The molecule has 1 aliphatic carbocycles. The fraction of sp³-hybridized carbons (Fsp3) is 0.500. The predicted molar refractivity (Wildman–Crippen MR) is 84.4 cm³/mol. The second-order valence-electron chi connectivity index (χ2n) is 4.88. The topological polar surface area (TPSA) is 75.3 Å². The summed E-state index contributed by atoms with van der Waals surface area (Å²) in [4.78, 5) is 12.9. The van der Waals surface area contributed by atoms with Crippen molar-refractivity contribution in [2.45, 2.75) is 30.2 Å². The van der Waals surface area contributed by atoms with E-state index in [-0.39, 0.29) is 30.1 Å². The highest BCUT2D eigenvalue weighted by atomic mass is 35.5. The maximum Gasteiger partial charge on any atom is 0.230 e. The minimum absolute atomic E-state index is 0. The van der Waals surface area contributed by atoms with Crippen molar-refractivity contribution in [1.29, 1.82) is 0 Å². The molecule has 0 spiro atoms. The minimum atomic E-state index is 0. The number of amides is 1. The van der Waals surface area contributed by atoms with E-state index in [1.165, 1.54) is 11.8 Å². The molecule has 2 atom stereocenters. The number of halogens is 1. The Morgan fingerprint density at radius 3 is 2.70 bits per heavy atom. The Morgan fingerprint density at radius 1 is 1.35 bits per heavy atom. The monoisotopic (exact) mass is 316 g/mol. The fourth-order valence-corrected chi connectivity index (χ4v) is 3.16. The molecule has 1 saturated carbocycles. The van der Waals surface area contributed by atoms with Gasteiger partial charge in [0.15, 0.2) is 0 Å². The van der Waals surface area contributed by atoms with Gasteiger partial charge in [0.25, 0.3) is 0 Å². The summed E-state index contributed by atoms with van der Waals surface area (Å²) in [5.74, 6) is 1.13. The summed E-state index contributed by atoms with van der Waals surface area (Å²) >= 11 is 1.48. The molecule has 0 heterocycles. The van der Waals surface area contributed by atoms with E-state index in [0.717, 1.165) is 24.2 Å². The first-order valence-corrected chi connectivity index (χ1v) is 7.59. The smallest absolute Gasteiger partial charge is 0.230 e. The third kappa shape index (κ3) is 4.89. The third-order valence-corrected chi connectivity index (χ3v) is 4.53. The molecule has 4 nitrogen and oxygen atoms in total. The summed E-state index contributed by atoms with van der Waals surface area (Å²) in [5, 5.41) is 12.3. The summed E-state index contributed by atoms with van der Waals surface area (Å²) in [6.45, 7) is 0.649. The number of hydrogen-bond donors (Lipinski definition) is 3. The van der Waals surface area contributed by atoms with Crippen LogP contribution in [0, 0.1) is 5.92 Å². The van der Waals surface area contributed by atoms with Crippen molar-refractivity contribution >= 4 is 30.1 Å². The van der Waals surface area contributed by atoms with Crippen LogP contribution < -0.4 is 11.1 Å². The normalized spacial score (nSPS) is 21.2. The average molecular weight is 317 g/mol. The highest BCUT2D eigenvalue weighted by molar-refractivity contribution is 8.00. The van der Waals surface area contributed by atoms with E-state index in [4.69, 9.17) is 5.73 Å². The molecule has 2 unspecified atom stereocenters. The predicted octanol–water partition coefficient (Wildman–Crippen LogP) is 2.15. The van der Waals surface area contributed by atoms with E-state index in [1.807, 2.05) is 12.1 Å². The molecule has 4 N–H and O–H groups in total. The molecule has 6 heteroatoms. The number of rotatable bonds is 5. The highest BCUT2D eigenvalue weighted by Crippen LogP contribution is 2.25. The molecular weight excluding hydrogens is 296 g/mol. The first kappa shape index (κ1) is 17.1. The van der Waals surface area contributed by atoms with Crippen LogP contribution in [0.15, 0.2) is 29.2 Å². The van der Waals surface area contributed by atoms with Crippen molar-refractivity contribution in [1.82, 2.24) is 5.32 Å². The number of hydrogen-bond acceptors (Lipinski definition) is 4. The van der Waals surface area contributed by atoms with Gasteiger partial charge in [-0.1, -0.05) is 6.42 Å². The lowest BCUT2D eigenvalue weighted by Crippen LogP contribution is -2.40. The molecule has 2 rings (SSSR count). The first-order chi connectivity index (χ1) is 9.19. The van der Waals surface area contributed by atoms with Gasteiger partial charge in [0.2, 0.25) is 5.91 Å². The van der Waals surface area contributed by atoms with Gasteiger partial charge in [-0.25, -0.2) is 0 Å². The van der Waals surface area contributed by atoms with Crippen LogP contribution in [0.4, 0.5) is 0 Å². The molecule has 0 radical (unpaired) electrons. The van der Waals surface area contributed by atoms with E-state index in [2.05, 4.69) is 5.32 Å². The minimum Gasteiger partial charge on any atom is -0.508 e. The van der Waals surface area contributed by atoms with Gasteiger partial charge >= 0.3 is 0 Å². The van der Waals surface area contributed by atoms with Gasteiger partial charge in [0.1, 0.15) is 5.75 Å². The van der Waals surface area contributed by atoms with Crippen LogP contribution in [-0.2, 0) is 4.79 Å². The molecule has 112 valence electrons. The Balaban J connectivity index is 0.00000200. The lowest BCUT2D eigenvalue weighted by molar-refractivity contribution is -0.119. The lowest BCUT2D eigenvalue weighted by Gasteiger charge is -2.19. The SMILES string of the molecule is Cl.NCC1CCCC1NC(=O)CSc1ccc(O)cc1. The van der Waals surface area contributed by atoms with Crippen LogP contribution in [0.1, 0.15) is 19.3 Å². The maximum atomic E-state index is 11.9.